The Hall–Kier alpha value is -1.40. The van der Waals surface area contributed by atoms with Crippen LogP contribution in [0.15, 0.2) is 24.3 Å². The van der Waals surface area contributed by atoms with Crippen molar-refractivity contribution in [3.8, 4) is 6.07 Å². The van der Waals surface area contributed by atoms with Crippen molar-refractivity contribution in [2.24, 2.45) is 5.92 Å². The van der Waals surface area contributed by atoms with Gasteiger partial charge in [0.15, 0.2) is 0 Å². The normalized spacial score (nSPS) is 23.9. The maximum Gasteiger partial charge on any atom is 0.123 e. The lowest BCUT2D eigenvalue weighted by Crippen LogP contribution is -2.33. The predicted molar refractivity (Wildman–Crippen MR) is 64.6 cm³/mol. The second-order valence-corrected chi connectivity index (χ2v) is 4.78. The molecule has 0 spiro atoms. The molecule has 1 fully saturated rings. The molecule has 1 aromatic rings. The van der Waals surface area contributed by atoms with Gasteiger partial charge in [0.1, 0.15) is 5.82 Å². The minimum Gasteiger partial charge on any atom is -0.298 e. The minimum atomic E-state index is -0.202. The topological polar surface area (TPSA) is 27.0 Å². The van der Waals surface area contributed by atoms with Crippen LogP contribution in [-0.4, -0.2) is 18.0 Å². The van der Waals surface area contributed by atoms with E-state index in [9.17, 15) is 4.39 Å². The molecule has 90 valence electrons. The Labute approximate surface area is 102 Å². The highest BCUT2D eigenvalue weighted by atomic mass is 19.1. The number of hydrogen-bond acceptors (Lipinski definition) is 2. The van der Waals surface area contributed by atoms with Gasteiger partial charge in [0.25, 0.3) is 0 Å². The van der Waals surface area contributed by atoms with Crippen LogP contribution >= 0.6 is 0 Å². The van der Waals surface area contributed by atoms with Gasteiger partial charge in [-0.3, -0.25) is 4.90 Å². The number of nitrogens with zero attached hydrogens (tertiary/aromatic N) is 2. The van der Waals surface area contributed by atoms with E-state index in [1.807, 2.05) is 19.2 Å². The lowest BCUT2D eigenvalue weighted by atomic mass is 10.0. The fraction of sp³-hybridized carbons (Fsp3) is 0.500. The third kappa shape index (κ3) is 2.83. The molecule has 1 aliphatic rings. The molecule has 1 aliphatic carbocycles. The fourth-order valence-electron chi connectivity index (χ4n) is 2.61. The van der Waals surface area contributed by atoms with Gasteiger partial charge < -0.3 is 0 Å². The molecule has 0 radical (unpaired) electrons. The number of halogens is 1. The Morgan fingerprint density at radius 3 is 2.71 bits per heavy atom. The van der Waals surface area contributed by atoms with E-state index in [1.54, 1.807) is 0 Å². The molecule has 0 N–H and O–H groups in total. The van der Waals surface area contributed by atoms with Gasteiger partial charge in [-0.25, -0.2) is 4.39 Å². The first-order valence-electron chi connectivity index (χ1n) is 6.05. The van der Waals surface area contributed by atoms with Crippen LogP contribution in [0.4, 0.5) is 4.39 Å². The Morgan fingerprint density at radius 1 is 1.35 bits per heavy atom. The molecule has 2 unspecified atom stereocenters. The molecule has 0 bridgehead atoms. The van der Waals surface area contributed by atoms with Gasteiger partial charge in [-0.05, 0) is 37.6 Å². The third-order valence-electron chi connectivity index (χ3n) is 3.56. The lowest BCUT2D eigenvalue weighted by Gasteiger charge is -2.26. The molecule has 3 heteroatoms. The number of nitriles is 1. The highest BCUT2D eigenvalue weighted by Gasteiger charge is 2.30. The smallest absolute Gasteiger partial charge is 0.123 e. The van der Waals surface area contributed by atoms with Gasteiger partial charge in [-0.2, -0.15) is 5.26 Å². The molecule has 0 aromatic heterocycles. The van der Waals surface area contributed by atoms with E-state index in [0.29, 0.717) is 6.04 Å². The van der Waals surface area contributed by atoms with Crippen LogP contribution in [0.3, 0.4) is 0 Å². The highest BCUT2D eigenvalue weighted by molar-refractivity contribution is 5.16. The van der Waals surface area contributed by atoms with Crippen LogP contribution in [0, 0.1) is 23.1 Å². The number of rotatable bonds is 3. The molecule has 1 aromatic carbocycles. The molecule has 2 atom stereocenters. The van der Waals surface area contributed by atoms with Crippen molar-refractivity contribution in [3.05, 3.63) is 35.6 Å². The van der Waals surface area contributed by atoms with E-state index in [-0.39, 0.29) is 11.7 Å². The SMILES string of the molecule is CN(Cc1ccc(F)cc1)C1CCCC1C#N. The van der Waals surface area contributed by atoms with Gasteiger partial charge in [0.2, 0.25) is 0 Å². The minimum absolute atomic E-state index is 0.153. The van der Waals surface area contributed by atoms with Gasteiger partial charge in [0, 0.05) is 12.6 Å². The molecular weight excluding hydrogens is 215 g/mol. The zero-order valence-electron chi connectivity index (χ0n) is 10.1. The molecule has 1 saturated carbocycles. The summed E-state index contributed by atoms with van der Waals surface area (Å²) in [5, 5.41) is 9.06. The van der Waals surface area contributed by atoms with Crippen molar-refractivity contribution in [1.82, 2.24) is 4.90 Å². The summed E-state index contributed by atoms with van der Waals surface area (Å²) in [6, 6.07) is 9.33. The Morgan fingerprint density at radius 2 is 2.06 bits per heavy atom. The van der Waals surface area contributed by atoms with E-state index < -0.39 is 0 Å². The maximum atomic E-state index is 12.8. The summed E-state index contributed by atoms with van der Waals surface area (Å²) < 4.78 is 12.8. The van der Waals surface area contributed by atoms with E-state index in [2.05, 4.69) is 11.0 Å². The van der Waals surface area contributed by atoms with Crippen LogP contribution in [-0.2, 0) is 6.54 Å². The zero-order chi connectivity index (χ0) is 12.3. The third-order valence-corrected chi connectivity index (χ3v) is 3.56. The maximum absolute atomic E-state index is 12.8. The largest absolute Gasteiger partial charge is 0.298 e. The van der Waals surface area contributed by atoms with Crippen LogP contribution in [0.1, 0.15) is 24.8 Å². The van der Waals surface area contributed by atoms with Crippen LogP contribution < -0.4 is 0 Å². The second kappa shape index (κ2) is 5.29. The van der Waals surface area contributed by atoms with Crippen LogP contribution in [0.25, 0.3) is 0 Å². The summed E-state index contributed by atoms with van der Waals surface area (Å²) >= 11 is 0. The molecule has 2 rings (SSSR count). The summed E-state index contributed by atoms with van der Waals surface area (Å²) in [4.78, 5) is 2.22. The second-order valence-electron chi connectivity index (χ2n) is 4.78. The van der Waals surface area contributed by atoms with Crippen molar-refractivity contribution < 1.29 is 4.39 Å². The Bertz CT molecular complexity index is 407. The summed E-state index contributed by atoms with van der Waals surface area (Å²) in [5.41, 5.74) is 1.09. The number of hydrogen-bond donors (Lipinski definition) is 0. The first kappa shape index (κ1) is 12.1. The van der Waals surface area contributed by atoms with Crippen molar-refractivity contribution in [3.63, 3.8) is 0 Å². The van der Waals surface area contributed by atoms with E-state index in [1.165, 1.54) is 12.1 Å². The Kier molecular flexibility index (Phi) is 3.75. The van der Waals surface area contributed by atoms with Crippen LogP contribution in [0.2, 0.25) is 0 Å². The molecule has 0 amide bonds. The van der Waals surface area contributed by atoms with Gasteiger partial charge >= 0.3 is 0 Å². The van der Waals surface area contributed by atoms with Gasteiger partial charge in [-0.15, -0.1) is 0 Å². The van der Waals surface area contributed by atoms with Crippen molar-refractivity contribution in [1.29, 1.82) is 5.26 Å². The quantitative estimate of drug-likeness (QED) is 0.801. The monoisotopic (exact) mass is 232 g/mol. The average molecular weight is 232 g/mol. The van der Waals surface area contributed by atoms with Crippen LogP contribution in [0.5, 0.6) is 0 Å². The van der Waals surface area contributed by atoms with Gasteiger partial charge in [-0.1, -0.05) is 18.6 Å². The summed E-state index contributed by atoms with van der Waals surface area (Å²) in [5.74, 6) is -0.0485. The summed E-state index contributed by atoms with van der Waals surface area (Å²) in [6.07, 6.45) is 3.24. The van der Waals surface area contributed by atoms with Gasteiger partial charge in [0.05, 0.1) is 12.0 Å². The summed E-state index contributed by atoms with van der Waals surface area (Å²) in [6.45, 7) is 0.781. The zero-order valence-corrected chi connectivity index (χ0v) is 10.1. The molecule has 2 nitrogen and oxygen atoms in total. The summed E-state index contributed by atoms with van der Waals surface area (Å²) in [7, 11) is 2.05. The van der Waals surface area contributed by atoms with Crippen molar-refractivity contribution >= 4 is 0 Å². The van der Waals surface area contributed by atoms with Crippen molar-refractivity contribution in [2.45, 2.75) is 31.8 Å². The average Bonchev–Trinajstić information content (AvgIpc) is 2.80. The Balaban J connectivity index is 1.99. The predicted octanol–water partition coefficient (Wildman–Crippen LogP) is 2.95. The molecular formula is C14H17FN2. The first-order valence-corrected chi connectivity index (χ1v) is 6.05. The van der Waals surface area contributed by atoms with Crippen molar-refractivity contribution in [2.75, 3.05) is 7.05 Å². The van der Waals surface area contributed by atoms with E-state index in [4.69, 9.17) is 5.26 Å². The fourth-order valence-corrected chi connectivity index (χ4v) is 2.61. The highest BCUT2D eigenvalue weighted by Crippen LogP contribution is 2.29. The molecule has 0 aliphatic heterocycles. The molecule has 17 heavy (non-hydrogen) atoms. The number of benzene rings is 1. The van der Waals surface area contributed by atoms with E-state index in [0.717, 1.165) is 31.4 Å². The lowest BCUT2D eigenvalue weighted by molar-refractivity contribution is 0.212. The molecule has 0 saturated heterocycles. The first-order chi connectivity index (χ1) is 8.20. The molecule has 0 heterocycles. The standard InChI is InChI=1S/C14H17FN2/c1-17(14-4-2-3-12(14)9-16)10-11-5-7-13(15)8-6-11/h5-8,12,14H,2-4,10H2,1H3. The van der Waals surface area contributed by atoms with E-state index >= 15 is 0 Å².